The van der Waals surface area contributed by atoms with Gasteiger partial charge in [-0.3, -0.25) is 0 Å². The molecule has 0 spiro atoms. The average molecular weight is 394 g/mol. The van der Waals surface area contributed by atoms with Crippen LogP contribution in [0.2, 0.25) is 0 Å². The Morgan fingerprint density at radius 3 is 2.72 bits per heavy atom. The van der Waals surface area contributed by atoms with Gasteiger partial charge in [-0.1, -0.05) is 30.3 Å². The average Bonchev–Trinajstić information content (AvgIpc) is 3.23. The van der Waals surface area contributed by atoms with Gasteiger partial charge in [0.05, 0.1) is 19.4 Å². The summed E-state index contributed by atoms with van der Waals surface area (Å²) in [5.74, 6) is 1.62. The van der Waals surface area contributed by atoms with Crippen molar-refractivity contribution in [3.8, 4) is 5.75 Å². The number of furan rings is 1. The Morgan fingerprint density at radius 2 is 1.93 bits per heavy atom. The van der Waals surface area contributed by atoms with Crippen LogP contribution in [0.4, 0.5) is 10.5 Å². The molecular weight excluding hydrogens is 368 g/mol. The molecule has 6 heteroatoms. The number of ether oxygens (including phenoxy) is 2. The van der Waals surface area contributed by atoms with Gasteiger partial charge in [0.1, 0.15) is 24.7 Å². The highest BCUT2D eigenvalue weighted by Gasteiger charge is 2.10. The van der Waals surface area contributed by atoms with E-state index in [1.165, 1.54) is 0 Å². The summed E-state index contributed by atoms with van der Waals surface area (Å²) >= 11 is 0. The molecule has 0 aliphatic carbocycles. The second kappa shape index (κ2) is 10.3. The van der Waals surface area contributed by atoms with Crippen LogP contribution >= 0.6 is 0 Å². The maximum atomic E-state index is 12.4. The Labute approximate surface area is 171 Å². The first-order chi connectivity index (χ1) is 14.1. The third-order valence-electron chi connectivity index (χ3n) is 4.40. The molecule has 1 aromatic heterocycles. The highest BCUT2D eigenvalue weighted by Crippen LogP contribution is 2.16. The van der Waals surface area contributed by atoms with Gasteiger partial charge in [0.2, 0.25) is 0 Å². The van der Waals surface area contributed by atoms with E-state index in [2.05, 4.69) is 5.32 Å². The number of aryl methyl sites for hydroxylation is 1. The molecule has 0 bridgehead atoms. The number of para-hydroxylation sites is 1. The minimum atomic E-state index is -0.188. The maximum absolute atomic E-state index is 12.4. The van der Waals surface area contributed by atoms with Gasteiger partial charge in [-0.2, -0.15) is 0 Å². The van der Waals surface area contributed by atoms with Crippen LogP contribution in [0.5, 0.6) is 5.75 Å². The van der Waals surface area contributed by atoms with Crippen LogP contribution in [0.25, 0.3) is 0 Å². The lowest BCUT2D eigenvalue weighted by Crippen LogP contribution is -2.34. The van der Waals surface area contributed by atoms with E-state index in [-0.39, 0.29) is 6.03 Å². The van der Waals surface area contributed by atoms with Crippen molar-refractivity contribution in [1.29, 1.82) is 0 Å². The minimum absolute atomic E-state index is 0.188. The van der Waals surface area contributed by atoms with Crippen molar-refractivity contribution in [1.82, 2.24) is 4.90 Å². The fourth-order valence-corrected chi connectivity index (χ4v) is 2.73. The number of amides is 2. The van der Waals surface area contributed by atoms with Crippen LogP contribution in [-0.2, 0) is 18.0 Å². The number of anilines is 1. The number of rotatable bonds is 9. The fourth-order valence-electron chi connectivity index (χ4n) is 2.73. The van der Waals surface area contributed by atoms with Crippen LogP contribution < -0.4 is 10.1 Å². The lowest BCUT2D eigenvalue weighted by Gasteiger charge is -2.19. The van der Waals surface area contributed by atoms with Gasteiger partial charge in [0, 0.05) is 12.7 Å². The van der Waals surface area contributed by atoms with Crippen molar-refractivity contribution in [3.05, 3.63) is 83.8 Å². The number of likely N-dealkylation sites (N-methyl/N-ethyl adjacent to an activating group) is 1. The topological polar surface area (TPSA) is 63.9 Å². The molecule has 29 heavy (non-hydrogen) atoms. The van der Waals surface area contributed by atoms with E-state index in [1.807, 2.05) is 67.6 Å². The van der Waals surface area contributed by atoms with E-state index >= 15 is 0 Å². The molecule has 152 valence electrons. The molecule has 0 saturated carbocycles. The number of nitrogens with zero attached hydrogens (tertiary/aromatic N) is 1. The molecule has 0 fully saturated rings. The van der Waals surface area contributed by atoms with Gasteiger partial charge in [-0.25, -0.2) is 4.79 Å². The van der Waals surface area contributed by atoms with Crippen molar-refractivity contribution >= 4 is 11.7 Å². The summed E-state index contributed by atoms with van der Waals surface area (Å²) in [6.07, 6.45) is 1.62. The molecule has 3 rings (SSSR count). The van der Waals surface area contributed by atoms with Gasteiger partial charge >= 0.3 is 6.03 Å². The normalized spacial score (nSPS) is 10.6. The summed E-state index contributed by atoms with van der Waals surface area (Å²) in [5, 5.41) is 2.90. The SMILES string of the molecule is Cc1ccccc1OCCN(C)C(=O)Nc1cccc(COCc2ccco2)c1. The standard InChI is InChI=1S/C23H26N2O4/c1-18-7-3-4-11-22(18)29-14-12-25(2)23(26)24-20-9-5-8-19(15-20)16-27-17-21-10-6-13-28-21/h3-11,13,15H,12,14,16-17H2,1-2H3,(H,24,26). The van der Waals surface area contributed by atoms with Crippen molar-refractivity contribution < 1.29 is 18.7 Å². The number of nitrogens with one attached hydrogen (secondary N) is 1. The number of carbonyl (C=O) groups excluding carboxylic acids is 1. The van der Waals surface area contributed by atoms with Gasteiger partial charge in [-0.05, 0) is 48.4 Å². The summed E-state index contributed by atoms with van der Waals surface area (Å²) in [6, 6.07) is 18.9. The summed E-state index contributed by atoms with van der Waals surface area (Å²) in [6.45, 7) is 3.75. The van der Waals surface area contributed by atoms with Crippen molar-refractivity contribution in [2.75, 3.05) is 25.5 Å². The number of hydrogen-bond acceptors (Lipinski definition) is 4. The van der Waals surface area contributed by atoms with Gasteiger partial charge in [0.15, 0.2) is 0 Å². The first kappa shape index (κ1) is 20.5. The van der Waals surface area contributed by atoms with E-state index < -0.39 is 0 Å². The summed E-state index contributed by atoms with van der Waals surface area (Å²) in [4.78, 5) is 14.0. The fraction of sp³-hybridized carbons (Fsp3) is 0.261. The summed E-state index contributed by atoms with van der Waals surface area (Å²) < 4.78 is 16.6. The Balaban J connectivity index is 1.43. The van der Waals surface area contributed by atoms with Crippen LogP contribution in [0.15, 0.2) is 71.3 Å². The second-order valence-corrected chi connectivity index (χ2v) is 6.74. The Bertz CT molecular complexity index is 909. The first-order valence-corrected chi connectivity index (χ1v) is 9.51. The molecule has 3 aromatic rings. The highest BCUT2D eigenvalue weighted by atomic mass is 16.5. The molecule has 0 aliphatic heterocycles. The number of benzene rings is 2. The van der Waals surface area contributed by atoms with E-state index in [1.54, 1.807) is 18.2 Å². The molecule has 6 nitrogen and oxygen atoms in total. The zero-order valence-corrected chi connectivity index (χ0v) is 16.8. The lowest BCUT2D eigenvalue weighted by atomic mass is 10.2. The van der Waals surface area contributed by atoms with Crippen LogP contribution in [-0.4, -0.2) is 31.1 Å². The highest BCUT2D eigenvalue weighted by molar-refractivity contribution is 5.89. The zero-order valence-electron chi connectivity index (χ0n) is 16.8. The van der Waals surface area contributed by atoms with Crippen LogP contribution in [0, 0.1) is 6.92 Å². The van der Waals surface area contributed by atoms with Crippen LogP contribution in [0.1, 0.15) is 16.9 Å². The van der Waals surface area contributed by atoms with Crippen molar-refractivity contribution in [2.24, 2.45) is 0 Å². The molecular formula is C23H26N2O4. The molecule has 0 aliphatic rings. The Kier molecular flexibility index (Phi) is 7.30. The lowest BCUT2D eigenvalue weighted by molar-refractivity contribution is 0.0930. The molecule has 0 atom stereocenters. The molecule has 0 radical (unpaired) electrons. The monoisotopic (exact) mass is 394 g/mol. The maximum Gasteiger partial charge on any atom is 0.321 e. The minimum Gasteiger partial charge on any atom is -0.491 e. The molecule has 0 unspecified atom stereocenters. The molecule has 1 N–H and O–H groups in total. The van der Waals surface area contributed by atoms with Gasteiger partial charge in [0.25, 0.3) is 0 Å². The van der Waals surface area contributed by atoms with Crippen molar-refractivity contribution in [2.45, 2.75) is 20.1 Å². The zero-order chi connectivity index (χ0) is 20.5. The van der Waals surface area contributed by atoms with Gasteiger partial charge < -0.3 is 24.1 Å². The van der Waals surface area contributed by atoms with E-state index in [9.17, 15) is 4.79 Å². The number of urea groups is 1. The number of carbonyl (C=O) groups is 1. The molecule has 1 heterocycles. The van der Waals surface area contributed by atoms with Crippen molar-refractivity contribution in [3.63, 3.8) is 0 Å². The van der Waals surface area contributed by atoms with E-state index in [4.69, 9.17) is 13.9 Å². The van der Waals surface area contributed by atoms with Crippen LogP contribution in [0.3, 0.4) is 0 Å². The Hall–Kier alpha value is -3.25. The van der Waals surface area contributed by atoms with E-state index in [0.717, 1.165) is 28.3 Å². The first-order valence-electron chi connectivity index (χ1n) is 9.51. The summed E-state index contributed by atoms with van der Waals surface area (Å²) in [7, 11) is 1.74. The molecule has 0 saturated heterocycles. The smallest absolute Gasteiger partial charge is 0.321 e. The largest absolute Gasteiger partial charge is 0.491 e. The third kappa shape index (κ3) is 6.40. The summed E-state index contributed by atoms with van der Waals surface area (Å²) in [5.41, 5.74) is 2.77. The quantitative estimate of drug-likeness (QED) is 0.564. The Morgan fingerprint density at radius 1 is 1.07 bits per heavy atom. The predicted octanol–water partition coefficient (Wildman–Crippen LogP) is 4.85. The second-order valence-electron chi connectivity index (χ2n) is 6.74. The molecule has 2 aromatic carbocycles. The third-order valence-corrected chi connectivity index (χ3v) is 4.40. The van der Waals surface area contributed by atoms with Gasteiger partial charge in [-0.15, -0.1) is 0 Å². The molecule has 2 amide bonds. The predicted molar refractivity (Wildman–Crippen MR) is 112 cm³/mol. The number of hydrogen-bond donors (Lipinski definition) is 1. The van der Waals surface area contributed by atoms with E-state index in [0.29, 0.717) is 26.4 Å².